The van der Waals surface area contributed by atoms with E-state index in [1.165, 1.54) is 20.0 Å². The summed E-state index contributed by atoms with van der Waals surface area (Å²) in [5.41, 5.74) is 0. The molecule has 0 N–H and O–H groups in total. The summed E-state index contributed by atoms with van der Waals surface area (Å²) in [5.74, 6) is 0.759. The van der Waals surface area contributed by atoms with Gasteiger partial charge in [-0.05, 0) is 12.3 Å². The van der Waals surface area contributed by atoms with Crippen LogP contribution in [0.5, 0.6) is 0 Å². The van der Waals surface area contributed by atoms with Crippen LogP contribution in [0.3, 0.4) is 0 Å². The zero-order valence-electron chi connectivity index (χ0n) is 9.30. The van der Waals surface area contributed by atoms with Crippen molar-refractivity contribution < 1.29 is 9.53 Å². The molecule has 0 aromatic carbocycles. The first-order chi connectivity index (χ1) is 6.07. The summed E-state index contributed by atoms with van der Waals surface area (Å²) >= 11 is 0. The lowest BCUT2D eigenvalue weighted by atomic mass is 10.00. The molecule has 0 radical (unpaired) electrons. The average molecular weight is 186 g/mol. The number of ether oxygens (including phenoxy) is 1. The summed E-state index contributed by atoms with van der Waals surface area (Å²) in [4.78, 5) is 11.0. The maximum Gasteiger partial charge on any atom is 0.308 e. The van der Waals surface area contributed by atoms with Crippen LogP contribution in [0.4, 0.5) is 0 Å². The largest absolute Gasteiger partial charge is 0.469 e. The summed E-state index contributed by atoms with van der Waals surface area (Å²) < 4.78 is 4.65. The van der Waals surface area contributed by atoms with Crippen molar-refractivity contribution in [3.8, 4) is 0 Å². The van der Waals surface area contributed by atoms with E-state index in [0.29, 0.717) is 0 Å². The molecule has 0 saturated heterocycles. The van der Waals surface area contributed by atoms with E-state index < -0.39 is 0 Å². The number of methoxy groups -OCH3 is 1. The van der Waals surface area contributed by atoms with Crippen molar-refractivity contribution in [1.82, 2.24) is 0 Å². The highest BCUT2D eigenvalue weighted by Crippen LogP contribution is 2.13. The highest BCUT2D eigenvalue weighted by molar-refractivity contribution is 5.71. The van der Waals surface area contributed by atoms with Gasteiger partial charge in [0.1, 0.15) is 0 Å². The average Bonchev–Trinajstić information content (AvgIpc) is 2.10. The second-order valence-corrected chi connectivity index (χ2v) is 4.10. The Bertz CT molecular complexity index is 141. The van der Waals surface area contributed by atoms with Crippen LogP contribution in [0.15, 0.2) is 0 Å². The molecule has 0 saturated carbocycles. The van der Waals surface area contributed by atoms with E-state index in [4.69, 9.17) is 0 Å². The number of esters is 1. The van der Waals surface area contributed by atoms with Crippen molar-refractivity contribution in [2.75, 3.05) is 7.11 Å². The monoisotopic (exact) mass is 186 g/mol. The van der Waals surface area contributed by atoms with Gasteiger partial charge < -0.3 is 4.74 Å². The number of unbranched alkanes of at least 4 members (excludes halogenated alkanes) is 1. The maximum atomic E-state index is 11.0. The van der Waals surface area contributed by atoms with Crippen LogP contribution >= 0.6 is 0 Å². The summed E-state index contributed by atoms with van der Waals surface area (Å²) in [6, 6.07) is 0. The summed E-state index contributed by atoms with van der Waals surface area (Å²) in [6.45, 7) is 6.38. The molecule has 0 aliphatic carbocycles. The third-order valence-electron chi connectivity index (χ3n) is 2.27. The number of carbonyl (C=O) groups is 1. The molecule has 0 heterocycles. The van der Waals surface area contributed by atoms with Gasteiger partial charge in [0.05, 0.1) is 13.0 Å². The molecule has 2 nitrogen and oxygen atoms in total. The lowest BCUT2D eigenvalue weighted by Crippen LogP contribution is -2.12. The predicted octanol–water partition coefficient (Wildman–Crippen LogP) is 3.01. The van der Waals surface area contributed by atoms with Gasteiger partial charge in [0.25, 0.3) is 0 Å². The highest BCUT2D eigenvalue weighted by Gasteiger charge is 2.11. The summed E-state index contributed by atoms with van der Waals surface area (Å²) in [5, 5.41) is 0. The lowest BCUT2D eigenvalue weighted by molar-refractivity contribution is -0.145. The molecular weight excluding hydrogens is 164 g/mol. The third kappa shape index (κ3) is 6.62. The molecule has 1 unspecified atom stereocenters. The van der Waals surface area contributed by atoms with Crippen molar-refractivity contribution in [2.45, 2.75) is 46.5 Å². The first-order valence-corrected chi connectivity index (χ1v) is 5.15. The number of carbonyl (C=O) groups excluding carboxylic acids is 1. The molecular formula is C11H22O2. The van der Waals surface area contributed by atoms with E-state index >= 15 is 0 Å². The molecule has 2 heteroatoms. The number of hydrogen-bond acceptors (Lipinski definition) is 2. The molecule has 0 fully saturated rings. The van der Waals surface area contributed by atoms with Crippen molar-refractivity contribution in [3.63, 3.8) is 0 Å². The topological polar surface area (TPSA) is 26.3 Å². The van der Waals surface area contributed by atoms with Crippen LogP contribution in [-0.2, 0) is 9.53 Å². The second kappa shape index (κ2) is 6.93. The van der Waals surface area contributed by atoms with Crippen LogP contribution in [-0.4, -0.2) is 13.1 Å². The van der Waals surface area contributed by atoms with Gasteiger partial charge in [0.15, 0.2) is 0 Å². The van der Waals surface area contributed by atoms with Crippen molar-refractivity contribution >= 4 is 5.97 Å². The van der Waals surface area contributed by atoms with Gasteiger partial charge in [0.2, 0.25) is 0 Å². The Labute approximate surface area is 81.7 Å². The van der Waals surface area contributed by atoms with E-state index in [0.717, 1.165) is 18.8 Å². The smallest absolute Gasteiger partial charge is 0.308 e. The Balaban J connectivity index is 3.37. The molecule has 0 bridgehead atoms. The molecule has 0 aliphatic rings. The molecule has 13 heavy (non-hydrogen) atoms. The van der Waals surface area contributed by atoms with E-state index in [1.807, 2.05) is 6.92 Å². The van der Waals surface area contributed by atoms with Crippen LogP contribution in [0.1, 0.15) is 46.5 Å². The molecule has 1 atom stereocenters. The minimum absolute atomic E-state index is 0.0668. The van der Waals surface area contributed by atoms with Crippen LogP contribution in [0.25, 0.3) is 0 Å². The van der Waals surface area contributed by atoms with Gasteiger partial charge in [-0.3, -0.25) is 4.79 Å². The standard InChI is InChI=1S/C11H22O2/c1-9(2)7-5-6-8-10(3)11(12)13-4/h9-10H,5-8H2,1-4H3. The Morgan fingerprint density at radius 3 is 2.15 bits per heavy atom. The van der Waals surface area contributed by atoms with Gasteiger partial charge in [-0.25, -0.2) is 0 Å². The van der Waals surface area contributed by atoms with E-state index in [2.05, 4.69) is 18.6 Å². The maximum absolute atomic E-state index is 11.0. The minimum Gasteiger partial charge on any atom is -0.469 e. The lowest BCUT2D eigenvalue weighted by Gasteiger charge is -2.09. The zero-order chi connectivity index (χ0) is 10.3. The molecule has 0 aliphatic heterocycles. The van der Waals surface area contributed by atoms with E-state index in [-0.39, 0.29) is 11.9 Å². The molecule has 0 rings (SSSR count). The Hall–Kier alpha value is -0.530. The molecule has 0 amide bonds. The third-order valence-corrected chi connectivity index (χ3v) is 2.27. The van der Waals surface area contributed by atoms with Gasteiger partial charge in [0, 0.05) is 0 Å². The molecule has 0 aromatic heterocycles. The zero-order valence-corrected chi connectivity index (χ0v) is 9.30. The summed E-state index contributed by atoms with van der Waals surface area (Å²) in [7, 11) is 1.45. The fraction of sp³-hybridized carbons (Fsp3) is 0.909. The molecule has 0 spiro atoms. The Morgan fingerprint density at radius 1 is 1.15 bits per heavy atom. The predicted molar refractivity (Wildman–Crippen MR) is 54.5 cm³/mol. The number of rotatable bonds is 6. The van der Waals surface area contributed by atoms with Crippen molar-refractivity contribution in [2.24, 2.45) is 11.8 Å². The minimum atomic E-state index is -0.0791. The Kier molecular flexibility index (Phi) is 6.65. The fourth-order valence-corrected chi connectivity index (χ4v) is 1.32. The second-order valence-electron chi connectivity index (χ2n) is 4.10. The molecule has 0 aromatic rings. The van der Waals surface area contributed by atoms with Crippen LogP contribution < -0.4 is 0 Å². The first kappa shape index (κ1) is 12.5. The summed E-state index contributed by atoms with van der Waals surface area (Å²) in [6.07, 6.45) is 4.57. The highest BCUT2D eigenvalue weighted by atomic mass is 16.5. The van der Waals surface area contributed by atoms with Gasteiger partial charge in [-0.2, -0.15) is 0 Å². The van der Waals surface area contributed by atoms with E-state index in [1.54, 1.807) is 0 Å². The number of hydrogen-bond donors (Lipinski definition) is 0. The molecule has 78 valence electrons. The Morgan fingerprint density at radius 2 is 1.69 bits per heavy atom. The normalized spacial score (nSPS) is 13.0. The van der Waals surface area contributed by atoms with Crippen LogP contribution in [0, 0.1) is 11.8 Å². The van der Waals surface area contributed by atoms with Gasteiger partial charge in [-0.15, -0.1) is 0 Å². The fourth-order valence-electron chi connectivity index (χ4n) is 1.32. The van der Waals surface area contributed by atoms with E-state index in [9.17, 15) is 4.79 Å². The van der Waals surface area contributed by atoms with Gasteiger partial charge >= 0.3 is 5.97 Å². The SMILES string of the molecule is COC(=O)C(C)CCCCC(C)C. The van der Waals surface area contributed by atoms with Gasteiger partial charge in [-0.1, -0.05) is 40.0 Å². The van der Waals surface area contributed by atoms with Crippen LogP contribution in [0.2, 0.25) is 0 Å². The first-order valence-electron chi connectivity index (χ1n) is 5.15. The van der Waals surface area contributed by atoms with Crippen molar-refractivity contribution in [3.05, 3.63) is 0 Å². The quantitative estimate of drug-likeness (QED) is 0.471. The van der Waals surface area contributed by atoms with Crippen molar-refractivity contribution in [1.29, 1.82) is 0 Å².